The van der Waals surface area contributed by atoms with E-state index >= 15 is 0 Å². The van der Waals surface area contributed by atoms with Crippen molar-refractivity contribution in [3.8, 4) is 11.5 Å². The van der Waals surface area contributed by atoms with Gasteiger partial charge in [0.05, 0.1) is 24.9 Å². The smallest absolute Gasteiger partial charge is 0.323 e. The summed E-state index contributed by atoms with van der Waals surface area (Å²) in [6.45, 7) is 3.84. The molecule has 0 saturated heterocycles. The van der Waals surface area contributed by atoms with Gasteiger partial charge >= 0.3 is 6.03 Å². The number of carbonyl (C=O) groups excluding carboxylic acids is 1. The van der Waals surface area contributed by atoms with Crippen molar-refractivity contribution in [3.63, 3.8) is 0 Å². The number of benzene rings is 2. The standard InChI is InChI=1S/C17H19ClN2O3/c1-10-7-11(2)16(13(18)8-10)20-17(21)19-12-5-6-14(22-3)15(9-12)23-4/h5-9H,1-4H3,(H2,19,20,21). The number of aryl methyl sites for hydroxylation is 2. The molecule has 0 aliphatic carbocycles. The Kier molecular flexibility index (Phi) is 5.34. The normalized spacial score (nSPS) is 10.1. The summed E-state index contributed by atoms with van der Waals surface area (Å²) in [5, 5.41) is 6.01. The molecule has 0 aliphatic heterocycles. The van der Waals surface area contributed by atoms with E-state index in [-0.39, 0.29) is 6.03 Å². The summed E-state index contributed by atoms with van der Waals surface area (Å²) < 4.78 is 10.4. The Labute approximate surface area is 140 Å². The van der Waals surface area contributed by atoms with E-state index < -0.39 is 0 Å². The van der Waals surface area contributed by atoms with Crippen molar-refractivity contribution in [1.82, 2.24) is 0 Å². The first-order chi connectivity index (χ1) is 10.9. The minimum Gasteiger partial charge on any atom is -0.493 e. The van der Waals surface area contributed by atoms with Crippen molar-refractivity contribution in [3.05, 3.63) is 46.5 Å². The number of methoxy groups -OCH3 is 2. The van der Waals surface area contributed by atoms with E-state index in [0.29, 0.717) is 27.9 Å². The maximum absolute atomic E-state index is 12.2. The van der Waals surface area contributed by atoms with Gasteiger partial charge in [0.15, 0.2) is 11.5 Å². The minimum absolute atomic E-state index is 0.383. The lowest BCUT2D eigenvalue weighted by atomic mass is 10.1. The molecule has 2 rings (SSSR count). The van der Waals surface area contributed by atoms with Crippen LogP contribution in [-0.2, 0) is 0 Å². The first-order valence-electron chi connectivity index (χ1n) is 7.01. The summed E-state index contributed by atoms with van der Waals surface area (Å²) in [5.74, 6) is 1.13. The number of anilines is 2. The topological polar surface area (TPSA) is 59.6 Å². The highest BCUT2D eigenvalue weighted by molar-refractivity contribution is 6.34. The molecule has 6 heteroatoms. The minimum atomic E-state index is -0.383. The van der Waals surface area contributed by atoms with E-state index in [4.69, 9.17) is 21.1 Å². The van der Waals surface area contributed by atoms with Crippen molar-refractivity contribution < 1.29 is 14.3 Å². The molecule has 2 aromatic rings. The van der Waals surface area contributed by atoms with Gasteiger partial charge in [-0.1, -0.05) is 17.7 Å². The second-order valence-electron chi connectivity index (χ2n) is 5.09. The van der Waals surface area contributed by atoms with E-state index in [9.17, 15) is 4.79 Å². The molecule has 23 heavy (non-hydrogen) atoms. The van der Waals surface area contributed by atoms with Gasteiger partial charge in [-0.2, -0.15) is 0 Å². The van der Waals surface area contributed by atoms with Crippen LogP contribution in [0.4, 0.5) is 16.2 Å². The van der Waals surface area contributed by atoms with Crippen molar-refractivity contribution in [1.29, 1.82) is 0 Å². The Balaban J connectivity index is 2.14. The number of amides is 2. The average Bonchev–Trinajstić information content (AvgIpc) is 2.50. The van der Waals surface area contributed by atoms with Crippen LogP contribution in [0.1, 0.15) is 11.1 Å². The van der Waals surface area contributed by atoms with E-state index in [1.165, 1.54) is 7.11 Å². The highest BCUT2D eigenvalue weighted by Crippen LogP contribution is 2.30. The van der Waals surface area contributed by atoms with E-state index in [0.717, 1.165) is 11.1 Å². The van der Waals surface area contributed by atoms with Crippen LogP contribution in [-0.4, -0.2) is 20.3 Å². The summed E-state index contributed by atoms with van der Waals surface area (Å²) in [6, 6.07) is 8.51. The number of hydrogen-bond acceptors (Lipinski definition) is 3. The highest BCUT2D eigenvalue weighted by Gasteiger charge is 2.11. The van der Waals surface area contributed by atoms with Crippen LogP contribution in [0.3, 0.4) is 0 Å². The predicted octanol–water partition coefficient (Wildman–Crippen LogP) is 4.62. The SMILES string of the molecule is COc1ccc(NC(=O)Nc2c(C)cc(C)cc2Cl)cc1OC. The molecule has 122 valence electrons. The molecule has 0 saturated carbocycles. The number of carbonyl (C=O) groups is 1. The lowest BCUT2D eigenvalue weighted by Crippen LogP contribution is -2.20. The Morgan fingerprint density at radius 1 is 1.00 bits per heavy atom. The number of urea groups is 1. The molecule has 0 spiro atoms. The molecule has 2 amide bonds. The number of hydrogen-bond donors (Lipinski definition) is 2. The average molecular weight is 335 g/mol. The Morgan fingerprint density at radius 2 is 1.70 bits per heavy atom. The first kappa shape index (κ1) is 17.0. The second kappa shape index (κ2) is 7.24. The van der Waals surface area contributed by atoms with E-state index in [1.54, 1.807) is 31.4 Å². The fourth-order valence-corrected chi connectivity index (χ4v) is 2.63. The molecule has 0 radical (unpaired) electrons. The number of rotatable bonds is 4. The van der Waals surface area contributed by atoms with Crippen molar-refractivity contribution in [2.75, 3.05) is 24.9 Å². The molecule has 0 atom stereocenters. The Bertz CT molecular complexity index is 709. The zero-order valence-corrected chi connectivity index (χ0v) is 14.2. The van der Waals surface area contributed by atoms with Crippen LogP contribution in [0.2, 0.25) is 5.02 Å². The summed E-state index contributed by atoms with van der Waals surface area (Å²) in [4.78, 5) is 12.2. The second-order valence-corrected chi connectivity index (χ2v) is 5.49. The van der Waals surface area contributed by atoms with Crippen molar-refractivity contribution >= 4 is 29.0 Å². The molecule has 5 nitrogen and oxygen atoms in total. The lowest BCUT2D eigenvalue weighted by Gasteiger charge is -2.14. The number of ether oxygens (including phenoxy) is 2. The molecule has 0 bridgehead atoms. The van der Waals surface area contributed by atoms with Gasteiger partial charge in [0.1, 0.15) is 0 Å². The summed E-state index contributed by atoms with van der Waals surface area (Å²) in [6.07, 6.45) is 0. The summed E-state index contributed by atoms with van der Waals surface area (Å²) in [5.41, 5.74) is 3.12. The molecule has 0 heterocycles. The molecule has 0 aromatic heterocycles. The van der Waals surface area contributed by atoms with Gasteiger partial charge in [-0.15, -0.1) is 0 Å². The fraction of sp³-hybridized carbons (Fsp3) is 0.235. The zero-order chi connectivity index (χ0) is 17.0. The molecular weight excluding hydrogens is 316 g/mol. The van der Waals surface area contributed by atoms with Gasteiger partial charge in [0.2, 0.25) is 0 Å². The van der Waals surface area contributed by atoms with Gasteiger partial charge in [-0.3, -0.25) is 0 Å². The van der Waals surface area contributed by atoms with Crippen LogP contribution >= 0.6 is 11.6 Å². The van der Waals surface area contributed by atoms with Crippen molar-refractivity contribution in [2.45, 2.75) is 13.8 Å². The quantitative estimate of drug-likeness (QED) is 0.857. The van der Waals surface area contributed by atoms with Crippen LogP contribution < -0.4 is 20.1 Å². The largest absolute Gasteiger partial charge is 0.493 e. The van der Waals surface area contributed by atoms with Gasteiger partial charge in [0.25, 0.3) is 0 Å². The van der Waals surface area contributed by atoms with Crippen LogP contribution in [0, 0.1) is 13.8 Å². The first-order valence-corrected chi connectivity index (χ1v) is 7.39. The Morgan fingerprint density at radius 3 is 2.30 bits per heavy atom. The van der Waals surface area contributed by atoms with Gasteiger partial charge < -0.3 is 20.1 Å². The molecule has 2 N–H and O–H groups in total. The maximum Gasteiger partial charge on any atom is 0.323 e. The van der Waals surface area contributed by atoms with Gasteiger partial charge in [-0.25, -0.2) is 4.79 Å². The molecule has 0 fully saturated rings. The van der Waals surface area contributed by atoms with Crippen LogP contribution in [0.25, 0.3) is 0 Å². The highest BCUT2D eigenvalue weighted by atomic mass is 35.5. The fourth-order valence-electron chi connectivity index (χ4n) is 2.26. The van der Waals surface area contributed by atoms with Gasteiger partial charge in [0, 0.05) is 11.8 Å². The third kappa shape index (κ3) is 4.07. The monoisotopic (exact) mass is 334 g/mol. The molecule has 0 unspecified atom stereocenters. The lowest BCUT2D eigenvalue weighted by molar-refractivity contribution is 0.262. The third-order valence-corrected chi connectivity index (χ3v) is 3.61. The van der Waals surface area contributed by atoms with Crippen molar-refractivity contribution in [2.24, 2.45) is 0 Å². The zero-order valence-electron chi connectivity index (χ0n) is 13.5. The molecule has 2 aromatic carbocycles. The molecular formula is C17H19ClN2O3. The Hall–Kier alpha value is -2.40. The summed E-state index contributed by atoms with van der Waals surface area (Å²) in [7, 11) is 3.09. The van der Waals surface area contributed by atoms with Crippen LogP contribution in [0.5, 0.6) is 11.5 Å². The predicted molar refractivity (Wildman–Crippen MR) is 93.1 cm³/mol. The van der Waals surface area contributed by atoms with Gasteiger partial charge in [-0.05, 0) is 43.2 Å². The number of halogens is 1. The molecule has 0 aliphatic rings. The van der Waals surface area contributed by atoms with Crippen LogP contribution in [0.15, 0.2) is 30.3 Å². The van der Waals surface area contributed by atoms with E-state index in [1.807, 2.05) is 19.9 Å². The summed E-state index contributed by atoms with van der Waals surface area (Å²) >= 11 is 6.19. The third-order valence-electron chi connectivity index (χ3n) is 3.31. The number of nitrogens with one attached hydrogen (secondary N) is 2. The van der Waals surface area contributed by atoms with E-state index in [2.05, 4.69) is 10.6 Å². The maximum atomic E-state index is 12.2.